The molecule has 2 rings (SSSR count). The molecule has 1 atom stereocenters. The summed E-state index contributed by atoms with van der Waals surface area (Å²) >= 11 is 0. The largest absolute Gasteiger partial charge is 0.379 e. The third-order valence-corrected chi connectivity index (χ3v) is 4.34. The fraction of sp³-hybridized carbons (Fsp3) is 0.882. The number of morpholine rings is 1. The molecule has 0 aromatic rings. The van der Waals surface area contributed by atoms with E-state index in [4.69, 9.17) is 4.74 Å². The van der Waals surface area contributed by atoms with E-state index in [1.54, 1.807) is 0 Å². The van der Waals surface area contributed by atoms with Crippen molar-refractivity contribution in [3.63, 3.8) is 0 Å². The van der Waals surface area contributed by atoms with Crippen molar-refractivity contribution in [1.29, 1.82) is 0 Å². The summed E-state index contributed by atoms with van der Waals surface area (Å²) in [6.45, 7) is 10.2. The first kappa shape index (κ1) is 22.4. The maximum absolute atomic E-state index is 11.7. The maximum atomic E-state index is 11.7. The van der Waals surface area contributed by atoms with E-state index >= 15 is 0 Å². The Hall–Kier alpha value is -0.610. The van der Waals surface area contributed by atoms with Crippen LogP contribution in [0.25, 0.3) is 0 Å². The second-order valence-electron chi connectivity index (χ2n) is 6.59. The van der Waals surface area contributed by atoms with Crippen molar-refractivity contribution >= 4 is 35.8 Å². The summed E-state index contributed by atoms with van der Waals surface area (Å²) in [4.78, 5) is 18.7. The van der Waals surface area contributed by atoms with Crippen molar-refractivity contribution in [1.82, 2.24) is 20.9 Å². The van der Waals surface area contributed by atoms with Crippen molar-refractivity contribution in [2.75, 3.05) is 45.9 Å². The van der Waals surface area contributed by atoms with E-state index in [-0.39, 0.29) is 29.9 Å². The summed E-state index contributed by atoms with van der Waals surface area (Å²) in [5.41, 5.74) is 0. The van der Waals surface area contributed by atoms with Crippen LogP contribution in [0.4, 0.5) is 0 Å². The number of guanidine groups is 1. The second-order valence-corrected chi connectivity index (χ2v) is 6.59. The number of ether oxygens (including phenoxy) is 1. The van der Waals surface area contributed by atoms with Crippen LogP contribution in [0.3, 0.4) is 0 Å². The molecule has 1 aliphatic heterocycles. The second kappa shape index (κ2) is 12.7. The van der Waals surface area contributed by atoms with Gasteiger partial charge in [0.2, 0.25) is 5.91 Å². The standard InChI is InChI=1S/C17H33N5O2.HI/c1-3-18-17(19-8-4-5-16(23)21-15-6-7-15)20-13-14(2)22-9-11-24-12-10-22;/h14-15H,3-13H2,1-2H3,(H,21,23)(H2,18,19,20);1H. The highest BCUT2D eigenvalue weighted by atomic mass is 127. The van der Waals surface area contributed by atoms with Gasteiger partial charge in [0.15, 0.2) is 5.96 Å². The van der Waals surface area contributed by atoms with Gasteiger partial charge in [0.05, 0.1) is 19.8 Å². The molecule has 8 heteroatoms. The Labute approximate surface area is 168 Å². The van der Waals surface area contributed by atoms with E-state index in [2.05, 4.69) is 39.7 Å². The highest BCUT2D eigenvalue weighted by Crippen LogP contribution is 2.18. The molecule has 0 bridgehead atoms. The third kappa shape index (κ3) is 9.60. The van der Waals surface area contributed by atoms with Gasteiger partial charge in [-0.3, -0.25) is 14.7 Å². The van der Waals surface area contributed by atoms with Crippen LogP contribution in [-0.2, 0) is 9.53 Å². The molecule has 2 aliphatic rings. The lowest BCUT2D eigenvalue weighted by atomic mass is 10.2. The fourth-order valence-corrected chi connectivity index (χ4v) is 2.68. The van der Waals surface area contributed by atoms with Gasteiger partial charge in [-0.2, -0.15) is 0 Å². The van der Waals surface area contributed by atoms with Crippen molar-refractivity contribution < 1.29 is 9.53 Å². The van der Waals surface area contributed by atoms with Crippen LogP contribution in [0.5, 0.6) is 0 Å². The monoisotopic (exact) mass is 467 g/mol. The highest BCUT2D eigenvalue weighted by molar-refractivity contribution is 14.0. The zero-order valence-electron chi connectivity index (χ0n) is 15.6. The Morgan fingerprint density at radius 2 is 2.00 bits per heavy atom. The number of rotatable bonds is 9. The maximum Gasteiger partial charge on any atom is 0.220 e. The SMILES string of the molecule is CCNC(=NCC(C)N1CCOCC1)NCCCC(=O)NC1CC1.I. The molecule has 0 spiro atoms. The summed E-state index contributed by atoms with van der Waals surface area (Å²) in [5, 5.41) is 9.60. The number of carbonyl (C=O) groups is 1. The summed E-state index contributed by atoms with van der Waals surface area (Å²) in [6, 6.07) is 0.861. The summed E-state index contributed by atoms with van der Waals surface area (Å²) < 4.78 is 5.39. The van der Waals surface area contributed by atoms with E-state index in [0.29, 0.717) is 18.5 Å². The van der Waals surface area contributed by atoms with Gasteiger partial charge in [-0.15, -0.1) is 24.0 Å². The summed E-state index contributed by atoms with van der Waals surface area (Å²) in [6.07, 6.45) is 3.68. The van der Waals surface area contributed by atoms with E-state index in [1.807, 2.05) is 0 Å². The number of hydrogen-bond acceptors (Lipinski definition) is 4. The molecule has 146 valence electrons. The van der Waals surface area contributed by atoms with Gasteiger partial charge in [0.1, 0.15) is 0 Å². The first-order valence-corrected chi connectivity index (χ1v) is 9.32. The molecule has 1 aliphatic carbocycles. The van der Waals surface area contributed by atoms with E-state index in [9.17, 15) is 4.79 Å². The molecular weight excluding hydrogens is 433 g/mol. The zero-order valence-corrected chi connectivity index (χ0v) is 17.9. The molecule has 1 unspecified atom stereocenters. The van der Waals surface area contributed by atoms with Gasteiger partial charge in [-0.1, -0.05) is 0 Å². The Morgan fingerprint density at radius 1 is 1.28 bits per heavy atom. The molecule has 1 amide bonds. The minimum Gasteiger partial charge on any atom is -0.379 e. The fourth-order valence-electron chi connectivity index (χ4n) is 2.68. The molecule has 0 radical (unpaired) electrons. The predicted molar refractivity (Wildman–Crippen MR) is 112 cm³/mol. The molecule has 0 aromatic heterocycles. The topological polar surface area (TPSA) is 78.0 Å². The van der Waals surface area contributed by atoms with Gasteiger partial charge in [0, 0.05) is 44.7 Å². The van der Waals surface area contributed by atoms with Crippen LogP contribution in [0.15, 0.2) is 4.99 Å². The van der Waals surface area contributed by atoms with Crippen LogP contribution >= 0.6 is 24.0 Å². The molecule has 25 heavy (non-hydrogen) atoms. The van der Waals surface area contributed by atoms with E-state index in [1.165, 1.54) is 0 Å². The average molecular weight is 467 g/mol. The number of halogens is 1. The van der Waals surface area contributed by atoms with Crippen LogP contribution in [0, 0.1) is 0 Å². The molecule has 1 saturated carbocycles. The van der Waals surface area contributed by atoms with E-state index in [0.717, 1.165) is 71.2 Å². The number of carbonyl (C=O) groups excluding carboxylic acids is 1. The number of nitrogens with zero attached hydrogens (tertiary/aromatic N) is 2. The van der Waals surface area contributed by atoms with Crippen LogP contribution in [0.1, 0.15) is 39.5 Å². The van der Waals surface area contributed by atoms with Gasteiger partial charge < -0.3 is 20.7 Å². The Bertz CT molecular complexity index is 412. The van der Waals surface area contributed by atoms with Crippen molar-refractivity contribution in [3.05, 3.63) is 0 Å². The van der Waals surface area contributed by atoms with Gasteiger partial charge in [-0.25, -0.2) is 0 Å². The quantitative estimate of drug-likeness (QED) is 0.204. The minimum atomic E-state index is 0. The molecule has 0 aromatic carbocycles. The normalized spacial score (nSPS) is 19.7. The smallest absolute Gasteiger partial charge is 0.220 e. The highest BCUT2D eigenvalue weighted by Gasteiger charge is 2.22. The molecule has 3 N–H and O–H groups in total. The third-order valence-electron chi connectivity index (χ3n) is 4.34. The first-order valence-electron chi connectivity index (χ1n) is 9.32. The predicted octanol–water partition coefficient (Wildman–Crippen LogP) is 0.939. The van der Waals surface area contributed by atoms with Crippen molar-refractivity contribution in [2.24, 2.45) is 4.99 Å². The van der Waals surface area contributed by atoms with Crippen molar-refractivity contribution in [3.8, 4) is 0 Å². The van der Waals surface area contributed by atoms with Gasteiger partial charge in [0.25, 0.3) is 0 Å². The lowest BCUT2D eigenvalue weighted by Crippen LogP contribution is -2.44. The Balaban J connectivity index is 0.00000312. The Kier molecular flexibility index (Phi) is 11.4. The number of amides is 1. The first-order chi connectivity index (χ1) is 11.7. The minimum absolute atomic E-state index is 0. The average Bonchev–Trinajstić information content (AvgIpc) is 3.40. The van der Waals surface area contributed by atoms with Crippen molar-refractivity contribution in [2.45, 2.75) is 51.6 Å². The summed E-state index contributed by atoms with van der Waals surface area (Å²) in [7, 11) is 0. The summed E-state index contributed by atoms with van der Waals surface area (Å²) in [5.74, 6) is 1.00. The van der Waals surface area contributed by atoms with Crippen LogP contribution < -0.4 is 16.0 Å². The molecular formula is C17H34IN5O2. The van der Waals surface area contributed by atoms with E-state index < -0.39 is 0 Å². The number of hydrogen-bond donors (Lipinski definition) is 3. The van der Waals surface area contributed by atoms with Gasteiger partial charge >= 0.3 is 0 Å². The lowest BCUT2D eigenvalue weighted by molar-refractivity contribution is -0.121. The molecule has 1 saturated heterocycles. The molecule has 2 fully saturated rings. The lowest BCUT2D eigenvalue weighted by Gasteiger charge is -2.31. The van der Waals surface area contributed by atoms with Crippen LogP contribution in [-0.4, -0.2) is 74.8 Å². The number of aliphatic imine (C=N–C) groups is 1. The van der Waals surface area contributed by atoms with Gasteiger partial charge in [-0.05, 0) is 33.1 Å². The Morgan fingerprint density at radius 3 is 2.64 bits per heavy atom. The molecule has 1 heterocycles. The molecule has 7 nitrogen and oxygen atoms in total. The zero-order chi connectivity index (χ0) is 17.2. The van der Waals surface area contributed by atoms with Crippen LogP contribution in [0.2, 0.25) is 0 Å². The number of nitrogens with one attached hydrogen (secondary N) is 3.